The van der Waals surface area contributed by atoms with Crippen molar-refractivity contribution in [3.63, 3.8) is 0 Å². The van der Waals surface area contributed by atoms with E-state index in [4.69, 9.17) is 15.4 Å². The Hall–Kier alpha value is -3.02. The summed E-state index contributed by atoms with van der Waals surface area (Å²) >= 11 is 0. The Morgan fingerprint density at radius 3 is 1.73 bits per heavy atom. The van der Waals surface area contributed by atoms with E-state index < -0.39 is 26.9 Å². The molecule has 0 saturated carbocycles. The van der Waals surface area contributed by atoms with Gasteiger partial charge in [-0.3, -0.25) is 9.36 Å². The summed E-state index contributed by atoms with van der Waals surface area (Å²) in [5.41, 5.74) is 5.55. The topological polar surface area (TPSA) is 128 Å². The van der Waals surface area contributed by atoms with Crippen LogP contribution < -0.4 is 26.5 Å². The predicted molar refractivity (Wildman–Crippen MR) is 130 cm³/mol. The lowest BCUT2D eigenvalue weighted by Crippen LogP contribution is -2.40. The van der Waals surface area contributed by atoms with Gasteiger partial charge in [-0.15, -0.1) is 0 Å². The third-order valence-corrected chi connectivity index (χ3v) is 9.51. The first-order valence-corrected chi connectivity index (χ1v) is 13.5. The molecule has 0 amide bonds. The van der Waals surface area contributed by atoms with Crippen LogP contribution in [0.4, 0.5) is 0 Å². The number of ether oxygens (including phenoxy) is 1. The van der Waals surface area contributed by atoms with Crippen molar-refractivity contribution in [1.82, 2.24) is 4.90 Å². The van der Waals surface area contributed by atoms with E-state index in [2.05, 4.69) is 4.76 Å². The molecule has 0 aliphatic heterocycles. The third kappa shape index (κ3) is 6.28. The lowest BCUT2D eigenvalue weighted by molar-refractivity contribution is -0.193. The third-order valence-electron chi connectivity index (χ3n) is 5.00. The highest BCUT2D eigenvalue weighted by atomic mass is 31.2. The Morgan fingerprint density at radius 1 is 0.970 bits per heavy atom. The molecule has 0 aliphatic carbocycles. The molecule has 3 aromatic rings. The van der Waals surface area contributed by atoms with Crippen molar-refractivity contribution in [1.29, 1.82) is 0 Å². The van der Waals surface area contributed by atoms with Crippen molar-refractivity contribution in [2.75, 3.05) is 19.9 Å². The number of carbonyl (C=O) groups excluding carboxylic acids is 1. The van der Waals surface area contributed by atoms with E-state index in [0.717, 1.165) is 20.8 Å². The molecule has 0 aliphatic rings. The molecule has 0 heterocycles. The van der Waals surface area contributed by atoms with Crippen molar-refractivity contribution >= 4 is 42.9 Å². The van der Waals surface area contributed by atoms with Gasteiger partial charge in [0, 0.05) is 7.05 Å². The minimum atomic E-state index is -4.96. The minimum absolute atomic E-state index is 0.106. The molecule has 33 heavy (non-hydrogen) atoms. The summed E-state index contributed by atoms with van der Waals surface area (Å²) in [4.78, 5) is 33.6. The molecule has 0 aromatic heterocycles. The maximum atomic E-state index is 12.7. The molecule has 0 fully saturated rings. The normalized spacial score (nSPS) is 13.7. The number of rotatable bonds is 8. The van der Waals surface area contributed by atoms with Crippen LogP contribution in [0.25, 0.3) is 0 Å². The van der Waals surface area contributed by atoms with Gasteiger partial charge in [-0.05, 0) is 36.4 Å². The van der Waals surface area contributed by atoms with E-state index in [-0.39, 0.29) is 12.9 Å². The number of benzene rings is 3. The second-order valence-corrected chi connectivity index (χ2v) is 11.9. The van der Waals surface area contributed by atoms with Crippen LogP contribution in [0.3, 0.4) is 0 Å². The standard InChI is InChI=1S/C23H25N3O5P2/c1-26(23(24)25-33(28,29)30)17-22(27)31-18-32(19-11-5-2-6-12-19,20-13-7-3-8-14-20)21-15-9-4-10-16-21/h2-16H,17-18H2,1H3,(H3-,24,25,28,29,30). The maximum Gasteiger partial charge on any atom is 0.328 e. The lowest BCUT2D eigenvalue weighted by atomic mass is 10.4. The van der Waals surface area contributed by atoms with Crippen LogP contribution in [-0.2, 0) is 14.1 Å². The van der Waals surface area contributed by atoms with Gasteiger partial charge in [0.1, 0.15) is 22.5 Å². The maximum absolute atomic E-state index is 12.7. The first-order chi connectivity index (χ1) is 15.7. The van der Waals surface area contributed by atoms with Gasteiger partial charge in [-0.25, -0.2) is 0 Å². The molecule has 8 nitrogen and oxygen atoms in total. The Morgan fingerprint density at radius 2 is 1.36 bits per heavy atom. The number of hydrogen-bond acceptors (Lipinski definition) is 4. The van der Waals surface area contributed by atoms with Gasteiger partial charge in [0.25, 0.3) is 7.75 Å². The van der Waals surface area contributed by atoms with Crippen LogP contribution in [-0.4, -0.2) is 41.7 Å². The second-order valence-electron chi connectivity index (χ2n) is 7.27. The largest absolute Gasteiger partial charge is 0.760 e. The molecule has 0 spiro atoms. The number of esters is 1. The molecule has 10 heteroatoms. The van der Waals surface area contributed by atoms with E-state index in [1.165, 1.54) is 7.05 Å². The van der Waals surface area contributed by atoms with Crippen molar-refractivity contribution in [2.45, 2.75) is 0 Å². The average molecular weight is 485 g/mol. The number of likely N-dealkylation sites (N-methyl/N-ethyl adjacent to an activating group) is 1. The summed E-state index contributed by atoms with van der Waals surface area (Å²) < 4.78 is 19.7. The number of hydrogen-bond donors (Lipinski definition) is 2. The first-order valence-electron chi connectivity index (χ1n) is 10.0. The fourth-order valence-corrected chi connectivity index (χ4v) is 7.55. The van der Waals surface area contributed by atoms with E-state index >= 15 is 0 Å². The fourth-order valence-electron chi connectivity index (χ4n) is 3.41. The average Bonchev–Trinajstić information content (AvgIpc) is 2.80. The zero-order valence-corrected chi connectivity index (χ0v) is 19.8. The van der Waals surface area contributed by atoms with E-state index in [0.29, 0.717) is 0 Å². The van der Waals surface area contributed by atoms with Gasteiger partial charge >= 0.3 is 5.97 Å². The molecule has 1 unspecified atom stereocenters. The molecular weight excluding hydrogens is 460 g/mol. The molecule has 0 bridgehead atoms. The van der Waals surface area contributed by atoms with E-state index in [9.17, 15) is 14.3 Å². The van der Waals surface area contributed by atoms with Crippen LogP contribution in [0.2, 0.25) is 0 Å². The van der Waals surface area contributed by atoms with Crippen LogP contribution in [0, 0.1) is 0 Å². The number of nitrogens with zero attached hydrogens (tertiary/aromatic N) is 2. The van der Waals surface area contributed by atoms with Gasteiger partial charge in [-0.1, -0.05) is 54.6 Å². The van der Waals surface area contributed by atoms with Crippen LogP contribution in [0.15, 0.2) is 95.8 Å². The quantitative estimate of drug-likeness (QED) is 0.212. The summed E-state index contributed by atoms with van der Waals surface area (Å²) in [5, 5.41) is 3.16. The summed E-state index contributed by atoms with van der Waals surface area (Å²) in [5.74, 6) is -1.12. The fraction of sp³-hybridized carbons (Fsp3) is 0.130. The van der Waals surface area contributed by atoms with Crippen molar-refractivity contribution in [3.05, 3.63) is 91.0 Å². The molecule has 0 radical (unpaired) electrons. The lowest BCUT2D eigenvalue weighted by Gasteiger charge is -2.27. The first kappa shape index (κ1) is 24.6. The predicted octanol–water partition coefficient (Wildman–Crippen LogP) is 1.19. The zero-order chi connectivity index (χ0) is 23.9. The minimum Gasteiger partial charge on any atom is -0.760 e. The number of carbonyl (C=O) groups is 1. The molecule has 3 aromatic carbocycles. The second kappa shape index (κ2) is 10.7. The van der Waals surface area contributed by atoms with Crippen molar-refractivity contribution < 1.29 is 23.9 Å². The van der Waals surface area contributed by atoms with Gasteiger partial charge in [0.05, 0.1) is 0 Å². The Kier molecular flexibility index (Phi) is 8.01. The monoisotopic (exact) mass is 485 g/mol. The summed E-state index contributed by atoms with van der Waals surface area (Å²) in [6.45, 7) is -0.340. The smallest absolute Gasteiger partial charge is 0.328 e. The SMILES string of the molecule is CN(CC(=O)OC[P+](c1ccccc1)(c1ccccc1)c1ccccc1)/C(N)=N/P(=O)([O-])O. The highest BCUT2D eigenvalue weighted by molar-refractivity contribution is 7.95. The number of nitrogens with two attached hydrogens (primary N) is 1. The molecule has 3 N–H and O–H groups in total. The number of guanidine groups is 1. The Bertz CT molecular complexity index is 1040. The Labute approximate surface area is 193 Å². The molecule has 1 atom stereocenters. The van der Waals surface area contributed by atoms with Crippen LogP contribution in [0.5, 0.6) is 0 Å². The zero-order valence-electron chi connectivity index (χ0n) is 18.0. The highest BCUT2D eigenvalue weighted by Crippen LogP contribution is 2.55. The van der Waals surface area contributed by atoms with E-state index in [1.807, 2.05) is 91.0 Å². The summed E-state index contributed by atoms with van der Waals surface area (Å²) in [6.07, 6.45) is 0.106. The molecule has 3 rings (SSSR count). The van der Waals surface area contributed by atoms with Gasteiger partial charge in [-0.2, -0.15) is 4.76 Å². The van der Waals surface area contributed by atoms with Gasteiger partial charge in [0.2, 0.25) is 6.35 Å². The summed E-state index contributed by atoms with van der Waals surface area (Å²) in [7, 11) is -5.94. The van der Waals surface area contributed by atoms with Crippen molar-refractivity contribution in [2.24, 2.45) is 10.5 Å². The van der Waals surface area contributed by atoms with Gasteiger partial charge < -0.3 is 25.2 Å². The Balaban J connectivity index is 1.95. The van der Waals surface area contributed by atoms with Crippen LogP contribution in [0.1, 0.15) is 0 Å². The van der Waals surface area contributed by atoms with Gasteiger partial charge in [0.15, 0.2) is 13.2 Å². The van der Waals surface area contributed by atoms with Crippen molar-refractivity contribution in [3.8, 4) is 0 Å². The molecule has 172 valence electrons. The molecule has 0 saturated heterocycles. The van der Waals surface area contributed by atoms with Crippen LogP contribution >= 0.6 is 15.0 Å². The highest BCUT2D eigenvalue weighted by Gasteiger charge is 2.46. The van der Waals surface area contributed by atoms with E-state index in [1.54, 1.807) is 0 Å². The molecular formula is C23H25N3O5P2. The summed E-state index contributed by atoms with van der Waals surface area (Å²) in [6, 6.07) is 29.8.